The Hall–Kier alpha value is -1.95. The molecular weight excluding hydrogens is 405 g/mol. The molecule has 0 aliphatic carbocycles. The van der Waals surface area contributed by atoms with Crippen LogP contribution in [-0.2, 0) is 9.47 Å². The summed E-state index contributed by atoms with van der Waals surface area (Å²) in [6.45, 7) is 6.24. The number of carbonyl (C=O) groups is 1. The van der Waals surface area contributed by atoms with Crippen molar-refractivity contribution in [2.24, 2.45) is 11.8 Å². The third kappa shape index (κ3) is 4.39. The van der Waals surface area contributed by atoms with Crippen molar-refractivity contribution in [3.63, 3.8) is 0 Å². The van der Waals surface area contributed by atoms with E-state index in [2.05, 4.69) is 13.8 Å². The lowest BCUT2D eigenvalue weighted by molar-refractivity contribution is -0.204. The van der Waals surface area contributed by atoms with E-state index in [0.717, 1.165) is 12.0 Å². The summed E-state index contributed by atoms with van der Waals surface area (Å²) in [6, 6.07) is 13.6. The molecule has 0 N–H and O–H groups in total. The predicted octanol–water partition coefficient (Wildman–Crippen LogP) is 5.12. The van der Waals surface area contributed by atoms with Gasteiger partial charge < -0.3 is 14.4 Å². The highest BCUT2D eigenvalue weighted by Crippen LogP contribution is 2.44. The lowest BCUT2D eigenvalue weighted by Gasteiger charge is -2.50. The first kappa shape index (κ1) is 21.3. The Kier molecular flexibility index (Phi) is 6.14. The molecule has 0 aromatic heterocycles. The maximum Gasteiger partial charge on any atom is 0.254 e. The molecule has 30 heavy (non-hydrogen) atoms. The van der Waals surface area contributed by atoms with Gasteiger partial charge in [0.2, 0.25) is 0 Å². The van der Waals surface area contributed by atoms with Crippen LogP contribution in [0.15, 0.2) is 48.5 Å². The van der Waals surface area contributed by atoms with Crippen LogP contribution in [0.2, 0.25) is 5.02 Å². The molecule has 2 aromatic carbocycles. The largest absolute Gasteiger partial charge is 0.370 e. The zero-order valence-electron chi connectivity index (χ0n) is 17.3. The maximum absolute atomic E-state index is 13.4. The highest BCUT2D eigenvalue weighted by molar-refractivity contribution is 6.30. The predicted molar refractivity (Wildman–Crippen MR) is 114 cm³/mol. The van der Waals surface area contributed by atoms with Crippen molar-refractivity contribution >= 4 is 17.5 Å². The van der Waals surface area contributed by atoms with Crippen molar-refractivity contribution in [3.05, 3.63) is 70.5 Å². The van der Waals surface area contributed by atoms with Crippen LogP contribution in [0.25, 0.3) is 0 Å². The van der Waals surface area contributed by atoms with Crippen molar-refractivity contribution in [2.75, 3.05) is 26.3 Å². The van der Waals surface area contributed by atoms with Gasteiger partial charge in [0, 0.05) is 17.1 Å². The molecular formula is C24H27ClFNO3. The Morgan fingerprint density at radius 3 is 2.70 bits per heavy atom. The molecule has 3 atom stereocenters. The number of benzene rings is 2. The average molecular weight is 432 g/mol. The number of hydrogen-bond acceptors (Lipinski definition) is 3. The van der Waals surface area contributed by atoms with Crippen molar-refractivity contribution in [1.82, 2.24) is 4.90 Å². The van der Waals surface area contributed by atoms with E-state index in [1.807, 2.05) is 4.90 Å². The Bertz CT molecular complexity index is 904. The zero-order chi connectivity index (χ0) is 21.3. The van der Waals surface area contributed by atoms with Crippen LogP contribution in [0, 0.1) is 17.7 Å². The molecule has 4 nitrogen and oxygen atoms in total. The van der Waals surface area contributed by atoms with Crippen LogP contribution in [0.3, 0.4) is 0 Å². The number of halogens is 2. The summed E-state index contributed by atoms with van der Waals surface area (Å²) in [5.41, 5.74) is 1.03. The minimum absolute atomic E-state index is 0.0399. The lowest BCUT2D eigenvalue weighted by Crippen LogP contribution is -2.59. The van der Waals surface area contributed by atoms with E-state index in [4.69, 9.17) is 21.1 Å². The van der Waals surface area contributed by atoms with Crippen LogP contribution in [0.5, 0.6) is 0 Å². The zero-order valence-corrected chi connectivity index (χ0v) is 18.1. The summed E-state index contributed by atoms with van der Waals surface area (Å²) in [6.07, 6.45) is 0.672. The van der Waals surface area contributed by atoms with Gasteiger partial charge in [0.25, 0.3) is 5.91 Å². The SMILES string of the molecule is CC(C)[C@@H]1C[C@@]2(CO[C@H]1c1ccc(F)cc1)CN(C(=O)c1cccc(Cl)c1)CCO2. The van der Waals surface area contributed by atoms with Gasteiger partial charge in [-0.05, 0) is 54.2 Å². The van der Waals surface area contributed by atoms with E-state index >= 15 is 0 Å². The van der Waals surface area contributed by atoms with Crippen LogP contribution in [0.1, 0.15) is 42.3 Å². The van der Waals surface area contributed by atoms with Crippen LogP contribution < -0.4 is 0 Å². The second-order valence-corrected chi connectivity index (χ2v) is 9.10. The van der Waals surface area contributed by atoms with Crippen molar-refractivity contribution < 1.29 is 18.7 Å². The summed E-state index contributed by atoms with van der Waals surface area (Å²) < 4.78 is 25.9. The average Bonchev–Trinajstić information content (AvgIpc) is 2.74. The molecule has 160 valence electrons. The highest BCUT2D eigenvalue weighted by Gasteiger charge is 2.47. The fourth-order valence-corrected chi connectivity index (χ4v) is 4.77. The van der Waals surface area contributed by atoms with Crippen molar-refractivity contribution in [1.29, 1.82) is 0 Å². The van der Waals surface area contributed by atoms with Crippen LogP contribution in [-0.4, -0.2) is 42.7 Å². The van der Waals surface area contributed by atoms with Crippen LogP contribution >= 0.6 is 11.6 Å². The molecule has 1 amide bonds. The number of amides is 1. The molecule has 2 aliphatic rings. The number of morpholine rings is 1. The Morgan fingerprint density at radius 1 is 1.23 bits per heavy atom. The Morgan fingerprint density at radius 2 is 2.00 bits per heavy atom. The van der Waals surface area contributed by atoms with E-state index < -0.39 is 5.60 Å². The molecule has 2 aliphatic heterocycles. The summed E-state index contributed by atoms with van der Waals surface area (Å²) in [7, 11) is 0. The molecule has 6 heteroatoms. The number of nitrogens with zero attached hydrogens (tertiary/aromatic N) is 1. The van der Waals surface area contributed by atoms with Crippen LogP contribution in [0.4, 0.5) is 4.39 Å². The van der Waals surface area contributed by atoms with E-state index in [9.17, 15) is 9.18 Å². The van der Waals surface area contributed by atoms with Gasteiger partial charge in [0.05, 0.1) is 25.9 Å². The summed E-state index contributed by atoms with van der Waals surface area (Å²) in [5, 5.41) is 0.548. The van der Waals surface area contributed by atoms with Crippen molar-refractivity contribution in [2.45, 2.75) is 32.0 Å². The first-order chi connectivity index (χ1) is 14.4. The van der Waals surface area contributed by atoms with Gasteiger partial charge in [0.15, 0.2) is 0 Å². The molecule has 4 rings (SSSR count). The van der Waals surface area contributed by atoms with Gasteiger partial charge in [-0.2, -0.15) is 0 Å². The molecule has 2 saturated heterocycles. The number of hydrogen-bond donors (Lipinski definition) is 0. The fourth-order valence-electron chi connectivity index (χ4n) is 4.58. The smallest absolute Gasteiger partial charge is 0.254 e. The van der Waals surface area contributed by atoms with E-state index in [0.29, 0.717) is 42.8 Å². The van der Waals surface area contributed by atoms with Gasteiger partial charge in [-0.1, -0.05) is 43.6 Å². The third-order valence-corrected chi connectivity index (χ3v) is 6.42. The maximum atomic E-state index is 13.4. The summed E-state index contributed by atoms with van der Waals surface area (Å²) in [4.78, 5) is 14.9. The second-order valence-electron chi connectivity index (χ2n) is 8.66. The molecule has 0 saturated carbocycles. The monoisotopic (exact) mass is 431 g/mol. The van der Waals surface area contributed by atoms with Gasteiger partial charge in [-0.15, -0.1) is 0 Å². The number of carbonyl (C=O) groups excluding carboxylic acids is 1. The first-order valence-electron chi connectivity index (χ1n) is 10.4. The molecule has 0 unspecified atom stereocenters. The first-order valence-corrected chi connectivity index (χ1v) is 10.8. The van der Waals surface area contributed by atoms with E-state index in [-0.39, 0.29) is 23.7 Å². The molecule has 2 fully saturated rings. The third-order valence-electron chi connectivity index (χ3n) is 6.18. The topological polar surface area (TPSA) is 38.8 Å². The highest BCUT2D eigenvalue weighted by atomic mass is 35.5. The quantitative estimate of drug-likeness (QED) is 0.676. The summed E-state index contributed by atoms with van der Waals surface area (Å²) >= 11 is 6.07. The van der Waals surface area contributed by atoms with Gasteiger partial charge in [0.1, 0.15) is 11.4 Å². The van der Waals surface area contributed by atoms with E-state index in [1.54, 1.807) is 36.4 Å². The number of rotatable bonds is 3. The van der Waals surface area contributed by atoms with Gasteiger partial charge in [-0.25, -0.2) is 4.39 Å². The van der Waals surface area contributed by atoms with Gasteiger partial charge in [-0.3, -0.25) is 4.79 Å². The normalized spacial score (nSPS) is 26.9. The lowest BCUT2D eigenvalue weighted by atomic mass is 9.75. The molecule has 0 bridgehead atoms. The molecule has 1 spiro atoms. The standard InChI is InChI=1S/C24H27ClFNO3/c1-16(2)21-13-24(15-29-22(21)17-6-8-20(26)9-7-17)14-27(10-11-30-24)23(28)18-4-3-5-19(25)12-18/h3-9,12,16,21-22H,10-11,13-15H2,1-2H3/t21-,22-,24-/m0/s1. The Balaban J connectivity index is 1.53. The molecule has 2 aromatic rings. The fraction of sp³-hybridized carbons (Fsp3) is 0.458. The minimum Gasteiger partial charge on any atom is -0.370 e. The number of ether oxygens (including phenoxy) is 2. The molecule has 2 heterocycles. The van der Waals surface area contributed by atoms with Gasteiger partial charge >= 0.3 is 0 Å². The minimum atomic E-state index is -0.530. The second kappa shape index (κ2) is 8.66. The van der Waals surface area contributed by atoms with E-state index in [1.165, 1.54) is 12.1 Å². The van der Waals surface area contributed by atoms with Crippen molar-refractivity contribution in [3.8, 4) is 0 Å². The Labute approximate surface area is 181 Å². The summed E-state index contributed by atoms with van der Waals surface area (Å²) in [5.74, 6) is 0.255. The molecule has 0 radical (unpaired) electrons.